The normalized spacial score (nSPS) is 11.6. The molecule has 2 aromatic heterocycles. The van der Waals surface area contributed by atoms with Gasteiger partial charge in [-0.25, -0.2) is 9.78 Å². The monoisotopic (exact) mass is 399 g/mol. The van der Waals surface area contributed by atoms with Gasteiger partial charge in [0, 0.05) is 0 Å². The van der Waals surface area contributed by atoms with Gasteiger partial charge in [0.2, 0.25) is 0 Å². The van der Waals surface area contributed by atoms with Crippen LogP contribution in [0.2, 0.25) is 0 Å². The molecular weight excluding hydrogens is 382 g/mol. The van der Waals surface area contributed by atoms with Crippen LogP contribution in [0.4, 0.5) is 0 Å². The average Bonchev–Trinajstić information content (AvgIpc) is 3.14. The first-order valence-electron chi connectivity index (χ1n) is 8.21. The smallest absolute Gasteiger partial charge is 0.338 e. The molecule has 0 atom stereocenters. The molecule has 8 heteroatoms. The van der Waals surface area contributed by atoms with Crippen LogP contribution in [-0.4, -0.2) is 28.0 Å². The number of rotatable bonds is 4. The zero-order chi connectivity index (χ0) is 19.6. The maximum atomic E-state index is 12.6. The lowest BCUT2D eigenvalue weighted by Crippen LogP contribution is -2.16. The van der Waals surface area contributed by atoms with Gasteiger partial charge in [0.1, 0.15) is 4.88 Å². The largest absolute Gasteiger partial charge is 0.462 e. The van der Waals surface area contributed by atoms with Crippen molar-refractivity contribution in [3.63, 3.8) is 0 Å². The van der Waals surface area contributed by atoms with Crippen molar-refractivity contribution >= 4 is 44.8 Å². The Kier molecular flexibility index (Phi) is 5.54. The van der Waals surface area contributed by atoms with E-state index in [1.165, 1.54) is 22.7 Å². The highest BCUT2D eigenvalue weighted by atomic mass is 32.1. The number of carbonyl (C=O) groups excluding carboxylic acids is 2. The van der Waals surface area contributed by atoms with E-state index in [1.54, 1.807) is 36.6 Å². The molecule has 27 heavy (non-hydrogen) atoms. The molecule has 0 unspecified atom stereocenters. The van der Waals surface area contributed by atoms with Crippen molar-refractivity contribution in [3.05, 3.63) is 44.1 Å². The molecule has 1 aromatic carbocycles. The predicted molar refractivity (Wildman–Crippen MR) is 106 cm³/mol. The molecule has 0 aliphatic heterocycles. The van der Waals surface area contributed by atoms with Gasteiger partial charge in [-0.05, 0) is 39.0 Å². The molecular formula is C19H17N3O3S2. The third-order valence-electron chi connectivity index (χ3n) is 3.74. The van der Waals surface area contributed by atoms with Gasteiger partial charge in [0.05, 0.1) is 39.6 Å². The van der Waals surface area contributed by atoms with E-state index in [1.807, 2.05) is 6.92 Å². The number of fused-ring (bicyclic) bond motifs is 1. The van der Waals surface area contributed by atoms with Gasteiger partial charge in [-0.3, -0.25) is 4.79 Å². The molecule has 0 saturated carbocycles. The molecule has 0 N–H and O–H groups in total. The average molecular weight is 399 g/mol. The van der Waals surface area contributed by atoms with Crippen molar-refractivity contribution in [2.24, 2.45) is 4.99 Å². The van der Waals surface area contributed by atoms with Gasteiger partial charge in [-0.2, -0.15) is 4.99 Å². The van der Waals surface area contributed by atoms with E-state index in [0.717, 1.165) is 15.2 Å². The number of nitrogens with zero attached hydrogens (tertiary/aromatic N) is 3. The number of amides is 1. The standard InChI is InChI=1S/C19H17N3O3S2/c1-5-9-22-14-8-7-13(18(24)25-6-2)10-15(14)27-19(22)21-17(23)16-11(3)20-12(4)26-16/h1,7-8,10H,6,9H2,2-4H3. The first kappa shape index (κ1) is 19.0. The maximum Gasteiger partial charge on any atom is 0.338 e. The third kappa shape index (κ3) is 3.84. The topological polar surface area (TPSA) is 73.5 Å². The summed E-state index contributed by atoms with van der Waals surface area (Å²) in [5, 5.41) is 0.818. The molecule has 0 spiro atoms. The third-order valence-corrected chi connectivity index (χ3v) is 5.84. The minimum atomic E-state index is -0.387. The fourth-order valence-electron chi connectivity index (χ4n) is 2.61. The summed E-state index contributed by atoms with van der Waals surface area (Å²) in [4.78, 5) is 34.1. The van der Waals surface area contributed by atoms with Crippen molar-refractivity contribution in [1.82, 2.24) is 9.55 Å². The number of benzene rings is 1. The van der Waals surface area contributed by atoms with Gasteiger partial charge >= 0.3 is 5.97 Å². The molecule has 138 valence electrons. The lowest BCUT2D eigenvalue weighted by atomic mass is 10.2. The highest BCUT2D eigenvalue weighted by molar-refractivity contribution is 7.16. The number of aryl methyl sites for hydroxylation is 2. The fourth-order valence-corrected chi connectivity index (χ4v) is 4.48. The number of thiazole rings is 2. The first-order chi connectivity index (χ1) is 12.9. The zero-order valence-corrected chi connectivity index (χ0v) is 16.7. The van der Waals surface area contributed by atoms with Crippen LogP contribution in [0, 0.1) is 26.2 Å². The minimum Gasteiger partial charge on any atom is -0.462 e. The molecule has 6 nitrogen and oxygen atoms in total. The summed E-state index contributed by atoms with van der Waals surface area (Å²) >= 11 is 2.62. The number of esters is 1. The van der Waals surface area contributed by atoms with E-state index in [4.69, 9.17) is 11.2 Å². The molecule has 0 saturated heterocycles. The highest BCUT2D eigenvalue weighted by Crippen LogP contribution is 2.21. The Bertz CT molecular complexity index is 1150. The number of carbonyl (C=O) groups is 2. The molecule has 3 aromatic rings. The van der Waals surface area contributed by atoms with Crippen LogP contribution in [0.15, 0.2) is 23.2 Å². The summed E-state index contributed by atoms with van der Waals surface area (Å²) in [7, 11) is 0. The summed E-state index contributed by atoms with van der Waals surface area (Å²) in [6, 6.07) is 5.21. The molecule has 0 aliphatic rings. The SMILES string of the molecule is C#CCn1c(=NC(=O)c2sc(C)nc2C)sc2cc(C(=O)OCC)ccc21. The van der Waals surface area contributed by atoms with Gasteiger partial charge < -0.3 is 9.30 Å². The van der Waals surface area contributed by atoms with Crippen LogP contribution < -0.4 is 4.80 Å². The van der Waals surface area contributed by atoms with Crippen LogP contribution in [0.3, 0.4) is 0 Å². The van der Waals surface area contributed by atoms with Crippen LogP contribution in [0.25, 0.3) is 10.2 Å². The van der Waals surface area contributed by atoms with Crippen molar-refractivity contribution in [3.8, 4) is 12.3 Å². The second-order valence-corrected chi connectivity index (χ2v) is 7.85. The van der Waals surface area contributed by atoms with E-state index in [9.17, 15) is 9.59 Å². The lowest BCUT2D eigenvalue weighted by Gasteiger charge is -2.03. The Labute approximate surface area is 164 Å². The molecule has 0 fully saturated rings. The molecule has 0 radical (unpaired) electrons. The van der Waals surface area contributed by atoms with E-state index < -0.39 is 0 Å². The van der Waals surface area contributed by atoms with E-state index in [0.29, 0.717) is 27.5 Å². The quantitative estimate of drug-likeness (QED) is 0.498. The zero-order valence-electron chi connectivity index (χ0n) is 15.1. The van der Waals surface area contributed by atoms with Crippen molar-refractivity contribution < 1.29 is 14.3 Å². The highest BCUT2D eigenvalue weighted by Gasteiger charge is 2.15. The molecule has 0 bridgehead atoms. The Hall–Kier alpha value is -2.76. The summed E-state index contributed by atoms with van der Waals surface area (Å²) < 4.78 is 7.64. The summed E-state index contributed by atoms with van der Waals surface area (Å²) in [6.45, 7) is 5.97. The van der Waals surface area contributed by atoms with Crippen molar-refractivity contribution in [2.45, 2.75) is 27.3 Å². The number of terminal acetylenes is 1. The van der Waals surface area contributed by atoms with Crippen LogP contribution in [-0.2, 0) is 11.3 Å². The van der Waals surface area contributed by atoms with E-state index in [2.05, 4.69) is 15.9 Å². The van der Waals surface area contributed by atoms with Crippen LogP contribution >= 0.6 is 22.7 Å². The van der Waals surface area contributed by atoms with Gasteiger partial charge in [-0.1, -0.05) is 17.3 Å². The predicted octanol–water partition coefficient (Wildman–Crippen LogP) is 3.33. The lowest BCUT2D eigenvalue weighted by molar-refractivity contribution is 0.0526. The number of ether oxygens (including phenoxy) is 1. The molecule has 1 amide bonds. The summed E-state index contributed by atoms with van der Waals surface area (Å²) in [5.74, 6) is 1.85. The summed E-state index contributed by atoms with van der Waals surface area (Å²) in [5.41, 5.74) is 1.93. The maximum absolute atomic E-state index is 12.6. The Morgan fingerprint density at radius 2 is 2.11 bits per heavy atom. The molecule has 3 rings (SSSR count). The van der Waals surface area contributed by atoms with Gasteiger partial charge in [0.15, 0.2) is 4.80 Å². The van der Waals surface area contributed by atoms with Crippen molar-refractivity contribution in [1.29, 1.82) is 0 Å². The molecule has 2 heterocycles. The number of hydrogen-bond acceptors (Lipinski definition) is 6. The summed E-state index contributed by atoms with van der Waals surface area (Å²) in [6.07, 6.45) is 5.49. The number of hydrogen-bond donors (Lipinski definition) is 0. The fraction of sp³-hybridized carbons (Fsp3) is 0.263. The Morgan fingerprint density at radius 3 is 2.74 bits per heavy atom. The number of aromatic nitrogens is 2. The van der Waals surface area contributed by atoms with E-state index in [-0.39, 0.29) is 18.4 Å². The Morgan fingerprint density at radius 1 is 1.33 bits per heavy atom. The Balaban J connectivity index is 2.12. The van der Waals surface area contributed by atoms with Gasteiger partial charge in [0.25, 0.3) is 5.91 Å². The minimum absolute atomic E-state index is 0.269. The van der Waals surface area contributed by atoms with E-state index >= 15 is 0 Å². The second-order valence-electron chi connectivity index (χ2n) is 5.64. The second kappa shape index (κ2) is 7.86. The molecule has 0 aliphatic carbocycles. The van der Waals surface area contributed by atoms with Crippen molar-refractivity contribution in [2.75, 3.05) is 6.61 Å². The first-order valence-corrected chi connectivity index (χ1v) is 9.85. The van der Waals surface area contributed by atoms with Crippen LogP contribution in [0.5, 0.6) is 0 Å². The van der Waals surface area contributed by atoms with Gasteiger partial charge in [-0.15, -0.1) is 17.8 Å². The van der Waals surface area contributed by atoms with Crippen LogP contribution in [0.1, 0.15) is 37.7 Å².